The molecule has 0 aliphatic heterocycles. The summed E-state index contributed by atoms with van der Waals surface area (Å²) in [5, 5.41) is 10.0. The summed E-state index contributed by atoms with van der Waals surface area (Å²) in [6, 6.07) is 12.4. The average molecular weight is 271 g/mol. The number of hydrogen-bond acceptors (Lipinski definition) is 2. The Labute approximate surface area is 112 Å². The van der Waals surface area contributed by atoms with Gasteiger partial charge < -0.3 is 0 Å². The molecule has 4 heteroatoms. The molecule has 0 aliphatic rings. The highest BCUT2D eigenvalue weighted by Gasteiger charge is 2.14. The summed E-state index contributed by atoms with van der Waals surface area (Å²) >= 11 is 1.34. The highest BCUT2D eigenvalue weighted by Crippen LogP contribution is 2.38. The minimum absolute atomic E-state index is 0.325. The molecule has 0 fully saturated rings. The molecular formula is C15H7F2NS. The van der Waals surface area contributed by atoms with Crippen molar-refractivity contribution in [2.24, 2.45) is 0 Å². The fourth-order valence-corrected chi connectivity index (χ4v) is 3.17. The van der Waals surface area contributed by atoms with Crippen molar-refractivity contribution in [3.05, 3.63) is 59.7 Å². The van der Waals surface area contributed by atoms with Crippen LogP contribution in [0.1, 0.15) is 5.56 Å². The Morgan fingerprint density at radius 1 is 0.947 bits per heavy atom. The van der Waals surface area contributed by atoms with Crippen molar-refractivity contribution < 1.29 is 8.78 Å². The van der Waals surface area contributed by atoms with Crippen LogP contribution in [0.15, 0.2) is 42.5 Å². The van der Waals surface area contributed by atoms with Gasteiger partial charge in [0, 0.05) is 10.1 Å². The molecule has 3 rings (SSSR count). The lowest BCUT2D eigenvalue weighted by Gasteiger charge is -1.97. The molecule has 0 spiro atoms. The van der Waals surface area contributed by atoms with Gasteiger partial charge in [-0.05, 0) is 35.9 Å². The Morgan fingerprint density at radius 2 is 1.63 bits per heavy atom. The molecule has 3 aromatic rings. The fourth-order valence-electron chi connectivity index (χ4n) is 1.99. The summed E-state index contributed by atoms with van der Waals surface area (Å²) < 4.78 is 26.9. The summed E-state index contributed by atoms with van der Waals surface area (Å²) in [4.78, 5) is 0.739. The molecule has 0 bridgehead atoms. The van der Waals surface area contributed by atoms with E-state index in [9.17, 15) is 14.0 Å². The van der Waals surface area contributed by atoms with E-state index in [2.05, 4.69) is 6.07 Å². The average Bonchev–Trinajstić information content (AvgIpc) is 2.77. The third-order valence-corrected chi connectivity index (χ3v) is 4.07. The van der Waals surface area contributed by atoms with E-state index in [-0.39, 0.29) is 11.6 Å². The van der Waals surface area contributed by atoms with Crippen LogP contribution in [0.4, 0.5) is 8.78 Å². The van der Waals surface area contributed by atoms with Gasteiger partial charge in [0.25, 0.3) is 0 Å². The Balaban J connectivity index is 2.29. The second kappa shape index (κ2) is 4.45. The van der Waals surface area contributed by atoms with E-state index in [1.807, 2.05) is 0 Å². The van der Waals surface area contributed by atoms with E-state index in [1.165, 1.54) is 35.6 Å². The molecule has 1 aromatic heterocycles. The van der Waals surface area contributed by atoms with Crippen LogP contribution in [0.2, 0.25) is 0 Å². The normalized spacial score (nSPS) is 10.6. The highest BCUT2D eigenvalue weighted by atomic mass is 32.1. The Bertz CT molecular complexity index is 797. The van der Waals surface area contributed by atoms with E-state index < -0.39 is 0 Å². The zero-order valence-corrected chi connectivity index (χ0v) is 10.5. The smallest absolute Gasteiger partial charge is 0.124 e. The van der Waals surface area contributed by atoms with Crippen LogP contribution in [0.25, 0.3) is 20.5 Å². The van der Waals surface area contributed by atoms with Gasteiger partial charge in [-0.25, -0.2) is 8.78 Å². The molecule has 0 unspecified atom stereocenters. The van der Waals surface area contributed by atoms with E-state index >= 15 is 0 Å². The molecule has 0 radical (unpaired) electrons. The van der Waals surface area contributed by atoms with Gasteiger partial charge >= 0.3 is 0 Å². The third-order valence-electron chi connectivity index (χ3n) is 2.87. The lowest BCUT2D eigenvalue weighted by Crippen LogP contribution is -1.79. The van der Waals surface area contributed by atoms with Gasteiger partial charge in [0.05, 0.1) is 10.4 Å². The van der Waals surface area contributed by atoms with Crippen LogP contribution in [0.3, 0.4) is 0 Å². The molecular weight excluding hydrogens is 264 g/mol. The zero-order valence-electron chi connectivity index (χ0n) is 9.65. The van der Waals surface area contributed by atoms with Gasteiger partial charge in [-0.3, -0.25) is 0 Å². The maximum Gasteiger partial charge on any atom is 0.124 e. The number of hydrogen-bond donors (Lipinski definition) is 0. The Morgan fingerprint density at radius 3 is 2.32 bits per heavy atom. The Hall–Kier alpha value is -2.25. The van der Waals surface area contributed by atoms with Crippen molar-refractivity contribution in [2.45, 2.75) is 0 Å². The summed E-state index contributed by atoms with van der Waals surface area (Å²) in [7, 11) is 0. The first kappa shape index (κ1) is 11.8. The zero-order chi connectivity index (χ0) is 13.4. The molecule has 0 aliphatic carbocycles. The molecule has 1 heterocycles. The largest absolute Gasteiger partial charge is 0.207 e. The third kappa shape index (κ3) is 1.98. The van der Waals surface area contributed by atoms with Crippen molar-refractivity contribution in [1.82, 2.24) is 0 Å². The quantitative estimate of drug-likeness (QED) is 0.628. The van der Waals surface area contributed by atoms with Gasteiger partial charge in [0.2, 0.25) is 0 Å². The number of halogens is 2. The molecule has 0 N–H and O–H groups in total. The first-order valence-electron chi connectivity index (χ1n) is 5.57. The van der Waals surface area contributed by atoms with Crippen molar-refractivity contribution >= 4 is 21.4 Å². The van der Waals surface area contributed by atoms with Gasteiger partial charge in [-0.1, -0.05) is 12.1 Å². The van der Waals surface area contributed by atoms with Crippen LogP contribution < -0.4 is 0 Å². The minimum atomic E-state index is -0.330. The fraction of sp³-hybridized carbons (Fsp3) is 0. The van der Waals surface area contributed by atoms with Crippen molar-refractivity contribution in [3.8, 4) is 16.5 Å². The number of fused-ring (bicyclic) bond motifs is 1. The van der Waals surface area contributed by atoms with E-state index in [1.54, 1.807) is 18.2 Å². The van der Waals surface area contributed by atoms with E-state index in [4.69, 9.17) is 0 Å². The predicted octanol–water partition coefficient (Wildman–Crippen LogP) is 4.72. The van der Waals surface area contributed by atoms with Crippen LogP contribution in [-0.2, 0) is 0 Å². The summed E-state index contributed by atoms with van der Waals surface area (Å²) in [6.45, 7) is 0. The second-order valence-corrected chi connectivity index (χ2v) is 5.12. The summed E-state index contributed by atoms with van der Waals surface area (Å²) in [5.41, 5.74) is 1.27. The van der Waals surface area contributed by atoms with E-state index in [0.717, 1.165) is 20.5 Å². The standard InChI is InChI=1S/C15H7F2NS/c16-10-3-1-9(2-4-10)15-13(8-18)12-6-5-11(17)7-14(12)19-15/h1-7H. The van der Waals surface area contributed by atoms with Crippen LogP contribution in [0, 0.1) is 23.0 Å². The SMILES string of the molecule is N#Cc1c(-c2ccc(F)cc2)sc2cc(F)ccc12. The molecule has 0 atom stereocenters. The minimum Gasteiger partial charge on any atom is -0.207 e. The first-order chi connectivity index (χ1) is 9.19. The molecule has 19 heavy (non-hydrogen) atoms. The molecule has 0 saturated carbocycles. The second-order valence-electron chi connectivity index (χ2n) is 4.07. The van der Waals surface area contributed by atoms with Crippen LogP contribution >= 0.6 is 11.3 Å². The van der Waals surface area contributed by atoms with Crippen molar-refractivity contribution in [3.63, 3.8) is 0 Å². The number of rotatable bonds is 1. The van der Waals surface area contributed by atoms with Gasteiger partial charge in [0.15, 0.2) is 0 Å². The monoisotopic (exact) mass is 271 g/mol. The molecule has 0 amide bonds. The maximum absolute atomic E-state index is 13.2. The van der Waals surface area contributed by atoms with Gasteiger partial charge in [0.1, 0.15) is 17.7 Å². The number of nitrogens with zero attached hydrogens (tertiary/aromatic N) is 1. The molecule has 1 nitrogen and oxygen atoms in total. The lowest BCUT2D eigenvalue weighted by molar-refractivity contribution is 0.628. The van der Waals surface area contributed by atoms with Crippen molar-refractivity contribution in [2.75, 3.05) is 0 Å². The van der Waals surface area contributed by atoms with E-state index in [0.29, 0.717) is 5.56 Å². The van der Waals surface area contributed by atoms with Crippen molar-refractivity contribution in [1.29, 1.82) is 5.26 Å². The molecule has 92 valence electrons. The predicted molar refractivity (Wildman–Crippen MR) is 71.9 cm³/mol. The van der Waals surface area contributed by atoms with Crippen LogP contribution in [-0.4, -0.2) is 0 Å². The first-order valence-corrected chi connectivity index (χ1v) is 6.39. The van der Waals surface area contributed by atoms with Gasteiger partial charge in [-0.15, -0.1) is 11.3 Å². The number of thiophene rings is 1. The number of benzene rings is 2. The van der Waals surface area contributed by atoms with Crippen LogP contribution in [0.5, 0.6) is 0 Å². The van der Waals surface area contributed by atoms with Gasteiger partial charge in [-0.2, -0.15) is 5.26 Å². The topological polar surface area (TPSA) is 23.8 Å². The Kier molecular flexibility index (Phi) is 2.77. The maximum atomic E-state index is 13.2. The summed E-state index contributed by atoms with van der Waals surface area (Å²) in [6.07, 6.45) is 0. The summed E-state index contributed by atoms with van der Waals surface area (Å²) in [5.74, 6) is -0.654. The molecule has 0 saturated heterocycles. The molecule has 2 aromatic carbocycles. The lowest BCUT2D eigenvalue weighted by atomic mass is 10.1. The number of nitriles is 1. The highest BCUT2D eigenvalue weighted by molar-refractivity contribution is 7.22.